The highest BCUT2D eigenvalue weighted by molar-refractivity contribution is 7.80. The van der Waals surface area contributed by atoms with Crippen LogP contribution in [-0.4, -0.2) is 29.5 Å². The van der Waals surface area contributed by atoms with Gasteiger partial charge in [-0.1, -0.05) is 48.6 Å². The second-order valence-corrected chi connectivity index (χ2v) is 6.94. The van der Waals surface area contributed by atoms with Crippen LogP contribution in [0.25, 0.3) is 0 Å². The van der Waals surface area contributed by atoms with Crippen molar-refractivity contribution in [3.63, 3.8) is 0 Å². The molecular formula is C17H22N2S2. The average Bonchev–Trinajstić information content (AvgIpc) is 2.98. The van der Waals surface area contributed by atoms with Crippen LogP contribution in [0.2, 0.25) is 0 Å². The molecule has 0 bridgehead atoms. The first-order valence-corrected chi connectivity index (χ1v) is 8.43. The highest BCUT2D eigenvalue weighted by Gasteiger charge is 2.20. The Morgan fingerprint density at radius 1 is 1.24 bits per heavy atom. The first kappa shape index (κ1) is 16.1. The molecule has 0 saturated heterocycles. The average molecular weight is 319 g/mol. The molecule has 0 aliphatic heterocycles. The lowest BCUT2D eigenvalue weighted by Gasteiger charge is -2.28. The van der Waals surface area contributed by atoms with E-state index in [1.807, 2.05) is 29.5 Å². The number of benzene rings is 1. The molecule has 1 aromatic carbocycles. The molecule has 4 heteroatoms. The first-order chi connectivity index (χ1) is 10.1. The number of hydrogen-bond acceptors (Lipinski definition) is 3. The Hall–Kier alpha value is -1.23. The molecule has 112 valence electrons. The van der Waals surface area contributed by atoms with Gasteiger partial charge in [-0.2, -0.15) is 0 Å². The van der Waals surface area contributed by atoms with Crippen molar-refractivity contribution in [3.8, 4) is 0 Å². The van der Waals surface area contributed by atoms with Crippen molar-refractivity contribution in [3.05, 3.63) is 58.3 Å². The van der Waals surface area contributed by atoms with Gasteiger partial charge in [0.05, 0.1) is 4.99 Å². The molecule has 0 saturated carbocycles. The largest absolute Gasteiger partial charge is 0.393 e. The summed E-state index contributed by atoms with van der Waals surface area (Å²) in [6.45, 7) is 3.10. The van der Waals surface area contributed by atoms with Crippen molar-refractivity contribution in [2.24, 2.45) is 5.73 Å². The van der Waals surface area contributed by atoms with E-state index in [0.29, 0.717) is 11.0 Å². The van der Waals surface area contributed by atoms with Crippen molar-refractivity contribution in [2.75, 3.05) is 13.6 Å². The predicted octanol–water partition coefficient (Wildman–Crippen LogP) is 3.68. The summed E-state index contributed by atoms with van der Waals surface area (Å²) in [7, 11) is 2.15. The summed E-state index contributed by atoms with van der Waals surface area (Å²) in [5, 5.41) is 2.13. The molecular weight excluding hydrogens is 296 g/mol. The van der Waals surface area contributed by atoms with E-state index in [0.717, 1.165) is 13.0 Å². The number of nitrogens with zero attached hydrogens (tertiary/aromatic N) is 1. The first-order valence-electron chi connectivity index (χ1n) is 7.15. The number of thiocarbonyl (C=S) groups is 1. The molecule has 2 atom stereocenters. The van der Waals surface area contributed by atoms with Crippen LogP contribution in [0.4, 0.5) is 0 Å². The summed E-state index contributed by atoms with van der Waals surface area (Å²) < 4.78 is 0. The molecule has 2 rings (SSSR count). The van der Waals surface area contributed by atoms with Gasteiger partial charge in [-0.05, 0) is 37.4 Å². The van der Waals surface area contributed by atoms with Crippen LogP contribution in [0, 0.1) is 0 Å². The Morgan fingerprint density at radius 3 is 2.52 bits per heavy atom. The zero-order valence-corrected chi connectivity index (χ0v) is 14.2. The third-order valence-electron chi connectivity index (χ3n) is 3.85. The van der Waals surface area contributed by atoms with Gasteiger partial charge in [-0.3, -0.25) is 0 Å². The van der Waals surface area contributed by atoms with Crippen LogP contribution in [0.1, 0.15) is 23.3 Å². The topological polar surface area (TPSA) is 29.3 Å². The molecule has 0 radical (unpaired) electrons. The summed E-state index contributed by atoms with van der Waals surface area (Å²) >= 11 is 7.09. The lowest BCUT2D eigenvalue weighted by atomic mass is 9.98. The van der Waals surface area contributed by atoms with Crippen molar-refractivity contribution < 1.29 is 0 Å². The molecule has 1 heterocycles. The fourth-order valence-corrected chi connectivity index (χ4v) is 3.43. The van der Waals surface area contributed by atoms with E-state index in [9.17, 15) is 0 Å². The maximum atomic E-state index is 5.96. The minimum Gasteiger partial charge on any atom is -0.393 e. The van der Waals surface area contributed by atoms with Gasteiger partial charge < -0.3 is 10.6 Å². The standard InChI is InChI=1S/C17H22N2S2/c1-13(11-15-9-6-10-21-15)19(2)12-16(17(18)20)14-7-4-3-5-8-14/h3-10,13,16H,11-12H2,1-2H3,(H2,18,20). The molecule has 0 aliphatic carbocycles. The number of hydrogen-bond donors (Lipinski definition) is 1. The second kappa shape index (κ2) is 7.69. The maximum absolute atomic E-state index is 5.96. The van der Waals surface area contributed by atoms with E-state index in [1.165, 1.54) is 10.4 Å². The lowest BCUT2D eigenvalue weighted by Crippen LogP contribution is -2.37. The van der Waals surface area contributed by atoms with Gasteiger partial charge >= 0.3 is 0 Å². The van der Waals surface area contributed by atoms with Crippen LogP contribution in [0.15, 0.2) is 47.8 Å². The molecule has 2 aromatic rings. The number of nitrogens with two attached hydrogens (primary N) is 1. The molecule has 0 aliphatic rings. The Morgan fingerprint density at radius 2 is 1.95 bits per heavy atom. The Balaban J connectivity index is 2.01. The van der Waals surface area contributed by atoms with E-state index in [1.54, 1.807) is 0 Å². The maximum Gasteiger partial charge on any atom is 0.0816 e. The monoisotopic (exact) mass is 318 g/mol. The van der Waals surface area contributed by atoms with Gasteiger partial charge in [0.1, 0.15) is 0 Å². The lowest BCUT2D eigenvalue weighted by molar-refractivity contribution is 0.255. The smallest absolute Gasteiger partial charge is 0.0816 e. The van der Waals surface area contributed by atoms with Crippen LogP contribution in [-0.2, 0) is 6.42 Å². The summed E-state index contributed by atoms with van der Waals surface area (Å²) in [5.74, 6) is 0.108. The van der Waals surface area contributed by atoms with Crippen LogP contribution >= 0.6 is 23.6 Å². The molecule has 1 aromatic heterocycles. The highest BCUT2D eigenvalue weighted by Crippen LogP contribution is 2.20. The molecule has 0 fully saturated rings. The van der Waals surface area contributed by atoms with Crippen molar-refractivity contribution in [1.29, 1.82) is 0 Å². The quantitative estimate of drug-likeness (QED) is 0.790. The normalized spacial score (nSPS) is 14.0. The number of thiophene rings is 1. The second-order valence-electron chi connectivity index (χ2n) is 5.44. The third-order valence-corrected chi connectivity index (χ3v) is 5.03. The summed E-state index contributed by atoms with van der Waals surface area (Å²) in [6.07, 6.45) is 1.06. The summed E-state index contributed by atoms with van der Waals surface area (Å²) in [5.41, 5.74) is 7.15. The van der Waals surface area contributed by atoms with Crippen LogP contribution in [0.5, 0.6) is 0 Å². The third kappa shape index (κ3) is 4.63. The fourth-order valence-electron chi connectivity index (χ4n) is 2.39. The molecule has 21 heavy (non-hydrogen) atoms. The zero-order valence-electron chi connectivity index (χ0n) is 12.5. The summed E-state index contributed by atoms with van der Waals surface area (Å²) in [6, 6.07) is 15.0. The Kier molecular flexibility index (Phi) is 5.91. The zero-order chi connectivity index (χ0) is 15.2. The molecule has 2 unspecified atom stereocenters. The van der Waals surface area contributed by atoms with Crippen LogP contribution in [0.3, 0.4) is 0 Å². The molecule has 2 N–H and O–H groups in total. The van der Waals surface area contributed by atoms with E-state index >= 15 is 0 Å². The van der Waals surface area contributed by atoms with E-state index < -0.39 is 0 Å². The number of rotatable bonds is 7. The number of likely N-dealkylation sites (N-methyl/N-ethyl adjacent to an activating group) is 1. The Labute approximate surface area is 136 Å². The minimum atomic E-state index is 0.108. The predicted molar refractivity (Wildman–Crippen MR) is 96.1 cm³/mol. The van der Waals surface area contributed by atoms with E-state index in [4.69, 9.17) is 18.0 Å². The van der Waals surface area contributed by atoms with Crippen molar-refractivity contribution in [1.82, 2.24) is 4.90 Å². The van der Waals surface area contributed by atoms with Crippen molar-refractivity contribution >= 4 is 28.5 Å². The summed E-state index contributed by atoms with van der Waals surface area (Å²) in [4.78, 5) is 4.33. The van der Waals surface area contributed by atoms with Gasteiger partial charge in [0.15, 0.2) is 0 Å². The van der Waals surface area contributed by atoms with E-state index in [2.05, 4.69) is 48.5 Å². The van der Waals surface area contributed by atoms with Gasteiger partial charge in [-0.25, -0.2) is 0 Å². The van der Waals surface area contributed by atoms with Gasteiger partial charge in [0.25, 0.3) is 0 Å². The molecule has 0 spiro atoms. The molecule has 0 amide bonds. The minimum absolute atomic E-state index is 0.108. The SMILES string of the molecule is CC(Cc1cccs1)N(C)CC(C(N)=S)c1ccccc1. The van der Waals surface area contributed by atoms with Crippen molar-refractivity contribution in [2.45, 2.75) is 25.3 Å². The van der Waals surface area contributed by atoms with E-state index in [-0.39, 0.29) is 5.92 Å². The Bertz CT molecular complexity index is 551. The van der Waals surface area contributed by atoms with Gasteiger partial charge in [0.2, 0.25) is 0 Å². The fraction of sp³-hybridized carbons (Fsp3) is 0.353. The highest BCUT2D eigenvalue weighted by atomic mass is 32.1. The molecule has 2 nitrogen and oxygen atoms in total. The van der Waals surface area contributed by atoms with Gasteiger partial charge in [0, 0.05) is 23.4 Å². The van der Waals surface area contributed by atoms with Crippen LogP contribution < -0.4 is 5.73 Å². The van der Waals surface area contributed by atoms with Gasteiger partial charge in [-0.15, -0.1) is 11.3 Å².